The normalized spacial score (nSPS) is 18.9. The molecule has 3 heterocycles. The van der Waals surface area contributed by atoms with Gasteiger partial charge in [-0.1, -0.05) is 49.6 Å². The van der Waals surface area contributed by atoms with E-state index in [1.165, 1.54) is 30.5 Å². The molecule has 0 radical (unpaired) electrons. The maximum absolute atomic E-state index is 4.63. The van der Waals surface area contributed by atoms with Gasteiger partial charge in [0.1, 0.15) is 0 Å². The predicted molar refractivity (Wildman–Crippen MR) is 134 cm³/mol. The number of piperazine rings is 1. The third kappa shape index (κ3) is 4.16. The van der Waals surface area contributed by atoms with Gasteiger partial charge >= 0.3 is 0 Å². The van der Waals surface area contributed by atoms with Crippen LogP contribution in [0, 0.1) is 0 Å². The minimum Gasteiger partial charge on any atom is -0.369 e. The molecule has 2 aromatic carbocycles. The van der Waals surface area contributed by atoms with E-state index in [1.54, 1.807) is 0 Å². The van der Waals surface area contributed by atoms with Crippen molar-refractivity contribution in [2.75, 3.05) is 31.1 Å². The second-order valence-corrected chi connectivity index (χ2v) is 9.49. The molecule has 7 nitrogen and oxygen atoms in total. The van der Waals surface area contributed by atoms with E-state index in [1.807, 2.05) is 12.3 Å². The summed E-state index contributed by atoms with van der Waals surface area (Å²) in [7, 11) is 0. The van der Waals surface area contributed by atoms with Crippen LogP contribution in [-0.4, -0.2) is 56.3 Å². The third-order valence-electron chi connectivity index (χ3n) is 7.43. The van der Waals surface area contributed by atoms with Gasteiger partial charge in [-0.05, 0) is 59.2 Å². The standard InChI is InChI=1S/C27H31N7/c1-3-9-23(10-4-1)32-16-18-33(19-17-32)26(22-13-14-25-21(20-22)8-7-15-28-25)27-29-30-31-34(27)24-11-5-2-6-12-24/h1,3-4,7-10,13-15,20,24,26H,2,5-6,11-12,16-19H2. The van der Waals surface area contributed by atoms with E-state index in [4.69, 9.17) is 0 Å². The summed E-state index contributed by atoms with van der Waals surface area (Å²) in [5.74, 6) is 0.975. The summed E-state index contributed by atoms with van der Waals surface area (Å²) in [6, 6.07) is 21.9. The fourth-order valence-corrected chi connectivity index (χ4v) is 5.63. The van der Waals surface area contributed by atoms with Gasteiger partial charge in [-0.25, -0.2) is 4.68 Å². The van der Waals surface area contributed by atoms with Crippen molar-refractivity contribution in [3.8, 4) is 0 Å². The zero-order chi connectivity index (χ0) is 22.7. The first-order valence-electron chi connectivity index (χ1n) is 12.5. The number of tetrazole rings is 1. The average Bonchev–Trinajstić information content (AvgIpc) is 3.40. The molecule has 1 aliphatic carbocycles. The molecule has 0 N–H and O–H groups in total. The first-order chi connectivity index (χ1) is 16.9. The quantitative estimate of drug-likeness (QED) is 0.439. The highest BCUT2D eigenvalue weighted by atomic mass is 15.6. The van der Waals surface area contributed by atoms with E-state index in [0.29, 0.717) is 6.04 Å². The number of anilines is 1. The van der Waals surface area contributed by atoms with Crippen LogP contribution in [0.1, 0.15) is 55.6 Å². The molecule has 2 aliphatic rings. The van der Waals surface area contributed by atoms with Crippen molar-refractivity contribution >= 4 is 16.6 Å². The number of nitrogens with zero attached hydrogens (tertiary/aromatic N) is 7. The van der Waals surface area contributed by atoms with Crippen molar-refractivity contribution in [1.29, 1.82) is 0 Å². The van der Waals surface area contributed by atoms with Gasteiger partial charge in [-0.2, -0.15) is 0 Å². The summed E-state index contributed by atoms with van der Waals surface area (Å²) in [5.41, 5.74) is 3.55. The Kier molecular flexibility index (Phi) is 5.93. The van der Waals surface area contributed by atoms with Crippen LogP contribution in [0.25, 0.3) is 10.9 Å². The van der Waals surface area contributed by atoms with Crippen molar-refractivity contribution in [2.45, 2.75) is 44.2 Å². The molecule has 174 valence electrons. The molecule has 0 spiro atoms. The molecule has 1 aliphatic heterocycles. The van der Waals surface area contributed by atoms with Crippen LogP contribution < -0.4 is 4.90 Å². The first kappa shape index (κ1) is 21.2. The van der Waals surface area contributed by atoms with E-state index >= 15 is 0 Å². The van der Waals surface area contributed by atoms with E-state index in [-0.39, 0.29) is 6.04 Å². The van der Waals surface area contributed by atoms with Crippen LogP contribution in [-0.2, 0) is 0 Å². The number of hydrogen-bond donors (Lipinski definition) is 0. The van der Waals surface area contributed by atoms with Gasteiger partial charge in [-0.15, -0.1) is 5.10 Å². The topological polar surface area (TPSA) is 63.0 Å². The highest BCUT2D eigenvalue weighted by molar-refractivity contribution is 5.79. The lowest BCUT2D eigenvalue weighted by Gasteiger charge is -2.40. The van der Waals surface area contributed by atoms with E-state index in [2.05, 4.69) is 89.6 Å². The van der Waals surface area contributed by atoms with Crippen molar-refractivity contribution in [3.05, 3.63) is 78.2 Å². The highest BCUT2D eigenvalue weighted by Crippen LogP contribution is 2.35. The van der Waals surface area contributed by atoms with E-state index in [9.17, 15) is 0 Å². The molecule has 7 heteroatoms. The minimum atomic E-state index is 0.0273. The lowest BCUT2D eigenvalue weighted by atomic mass is 9.94. The first-order valence-corrected chi connectivity index (χ1v) is 12.5. The Morgan fingerprint density at radius 1 is 0.824 bits per heavy atom. The van der Waals surface area contributed by atoms with Gasteiger partial charge in [0.05, 0.1) is 17.6 Å². The van der Waals surface area contributed by atoms with Gasteiger partial charge < -0.3 is 4.90 Å². The molecule has 2 fully saturated rings. The van der Waals surface area contributed by atoms with Gasteiger partial charge in [0.2, 0.25) is 0 Å². The number of aromatic nitrogens is 5. The minimum absolute atomic E-state index is 0.0273. The highest BCUT2D eigenvalue weighted by Gasteiger charge is 2.33. The second kappa shape index (κ2) is 9.50. The maximum Gasteiger partial charge on any atom is 0.173 e. The van der Waals surface area contributed by atoms with Crippen LogP contribution in [0.4, 0.5) is 5.69 Å². The Labute approximate surface area is 200 Å². The molecule has 6 rings (SSSR count). The number of hydrogen-bond acceptors (Lipinski definition) is 6. The zero-order valence-corrected chi connectivity index (χ0v) is 19.5. The van der Waals surface area contributed by atoms with E-state index < -0.39 is 0 Å². The summed E-state index contributed by atoms with van der Waals surface area (Å²) in [6.07, 6.45) is 8.00. The lowest BCUT2D eigenvalue weighted by Crippen LogP contribution is -2.48. The van der Waals surface area contributed by atoms with Crippen LogP contribution in [0.2, 0.25) is 0 Å². The number of pyridine rings is 1. The molecular weight excluding hydrogens is 422 g/mol. The molecule has 4 aromatic rings. The van der Waals surface area contributed by atoms with Crippen molar-refractivity contribution in [2.24, 2.45) is 0 Å². The molecule has 1 atom stereocenters. The fraction of sp³-hybridized carbons (Fsp3) is 0.407. The number of benzene rings is 2. The van der Waals surface area contributed by atoms with Crippen LogP contribution in [0.3, 0.4) is 0 Å². The molecule has 34 heavy (non-hydrogen) atoms. The number of para-hydroxylation sites is 1. The molecule has 1 saturated heterocycles. The molecule has 0 amide bonds. The van der Waals surface area contributed by atoms with Gasteiger partial charge in [0.15, 0.2) is 5.82 Å². The van der Waals surface area contributed by atoms with Crippen LogP contribution >= 0.6 is 0 Å². The molecular formula is C27H31N7. The van der Waals surface area contributed by atoms with Crippen molar-refractivity contribution < 1.29 is 0 Å². The molecule has 2 aromatic heterocycles. The lowest BCUT2D eigenvalue weighted by molar-refractivity contribution is 0.193. The second-order valence-electron chi connectivity index (χ2n) is 9.49. The van der Waals surface area contributed by atoms with Crippen LogP contribution in [0.5, 0.6) is 0 Å². The Bertz CT molecular complexity index is 1220. The summed E-state index contributed by atoms with van der Waals surface area (Å²) in [6.45, 7) is 3.89. The Balaban J connectivity index is 1.35. The maximum atomic E-state index is 4.63. The largest absolute Gasteiger partial charge is 0.369 e. The SMILES string of the molecule is c1ccc(N2CCN(C(c3ccc4ncccc4c3)c3nnnn3C3CCCCC3)CC2)cc1. The van der Waals surface area contributed by atoms with Gasteiger partial charge in [0, 0.05) is 43.4 Å². The van der Waals surface area contributed by atoms with Crippen molar-refractivity contribution in [3.63, 3.8) is 0 Å². The van der Waals surface area contributed by atoms with E-state index in [0.717, 1.165) is 55.7 Å². The Morgan fingerprint density at radius 3 is 2.47 bits per heavy atom. The summed E-state index contributed by atoms with van der Waals surface area (Å²) in [5, 5.41) is 14.5. The summed E-state index contributed by atoms with van der Waals surface area (Å²) in [4.78, 5) is 9.56. The van der Waals surface area contributed by atoms with Crippen LogP contribution in [0.15, 0.2) is 66.9 Å². The third-order valence-corrected chi connectivity index (χ3v) is 7.43. The summed E-state index contributed by atoms with van der Waals surface area (Å²) < 4.78 is 2.14. The Morgan fingerprint density at radius 2 is 1.65 bits per heavy atom. The smallest absolute Gasteiger partial charge is 0.173 e. The predicted octanol–water partition coefficient (Wildman–Crippen LogP) is 4.64. The zero-order valence-electron chi connectivity index (χ0n) is 19.5. The van der Waals surface area contributed by atoms with Gasteiger partial charge in [-0.3, -0.25) is 9.88 Å². The number of rotatable bonds is 5. The molecule has 1 unspecified atom stereocenters. The Hall–Kier alpha value is -3.32. The number of fused-ring (bicyclic) bond motifs is 1. The molecule has 0 bridgehead atoms. The van der Waals surface area contributed by atoms with Crippen molar-refractivity contribution in [1.82, 2.24) is 30.1 Å². The fourth-order valence-electron chi connectivity index (χ4n) is 5.63. The van der Waals surface area contributed by atoms with Gasteiger partial charge in [0.25, 0.3) is 0 Å². The molecule has 1 saturated carbocycles. The summed E-state index contributed by atoms with van der Waals surface area (Å²) >= 11 is 0. The average molecular weight is 454 g/mol. The monoisotopic (exact) mass is 453 g/mol.